The topological polar surface area (TPSA) is 68.2 Å². The van der Waals surface area contributed by atoms with Crippen LogP contribution in [0.3, 0.4) is 0 Å². The van der Waals surface area contributed by atoms with Crippen molar-refractivity contribution in [3.8, 4) is 0 Å². The summed E-state index contributed by atoms with van der Waals surface area (Å²) in [6.07, 6.45) is 3.67. The van der Waals surface area contributed by atoms with Gasteiger partial charge in [0, 0.05) is 18.0 Å². The third kappa shape index (κ3) is 3.09. The molecule has 5 nitrogen and oxygen atoms in total. The first-order chi connectivity index (χ1) is 8.58. The number of aromatic nitrogens is 2. The molecular formula is C13H24N4O. The minimum absolute atomic E-state index is 0.192. The highest BCUT2D eigenvalue weighted by molar-refractivity contribution is 4.93. The van der Waals surface area contributed by atoms with E-state index in [-0.39, 0.29) is 6.04 Å². The predicted octanol–water partition coefficient (Wildman–Crippen LogP) is 1.89. The Morgan fingerprint density at radius 1 is 1.39 bits per heavy atom. The maximum atomic E-state index is 6.06. The molecule has 1 aliphatic rings. The first-order valence-electron chi connectivity index (χ1n) is 6.90. The van der Waals surface area contributed by atoms with Crippen LogP contribution in [-0.4, -0.2) is 33.7 Å². The average molecular weight is 252 g/mol. The van der Waals surface area contributed by atoms with Crippen molar-refractivity contribution in [2.45, 2.75) is 64.6 Å². The Morgan fingerprint density at radius 3 is 2.78 bits per heavy atom. The highest BCUT2D eigenvalue weighted by Crippen LogP contribution is 2.21. The lowest BCUT2D eigenvalue weighted by atomic mass is 9.97. The van der Waals surface area contributed by atoms with E-state index in [1.807, 2.05) is 0 Å². The zero-order valence-corrected chi connectivity index (χ0v) is 11.6. The van der Waals surface area contributed by atoms with Gasteiger partial charge in [-0.3, -0.25) is 4.90 Å². The van der Waals surface area contributed by atoms with Crippen LogP contribution < -0.4 is 5.73 Å². The predicted molar refractivity (Wildman–Crippen MR) is 70.1 cm³/mol. The highest BCUT2D eigenvalue weighted by Gasteiger charge is 2.26. The van der Waals surface area contributed by atoms with E-state index in [0.29, 0.717) is 17.9 Å². The average Bonchev–Trinajstić information content (AvgIpc) is 2.78. The Morgan fingerprint density at radius 2 is 2.17 bits per heavy atom. The zero-order chi connectivity index (χ0) is 13.1. The van der Waals surface area contributed by atoms with Gasteiger partial charge in [0.15, 0.2) is 5.82 Å². The maximum absolute atomic E-state index is 6.06. The van der Waals surface area contributed by atoms with Crippen LogP contribution in [0, 0.1) is 0 Å². The Hall–Kier alpha value is -0.940. The van der Waals surface area contributed by atoms with Crippen LogP contribution in [0.15, 0.2) is 4.52 Å². The third-order valence-corrected chi connectivity index (χ3v) is 3.61. The van der Waals surface area contributed by atoms with Crippen molar-refractivity contribution < 1.29 is 4.52 Å². The smallest absolute Gasteiger partial charge is 0.240 e. The lowest BCUT2D eigenvalue weighted by molar-refractivity contribution is 0.109. The lowest BCUT2D eigenvalue weighted by Gasteiger charge is -2.37. The van der Waals surface area contributed by atoms with Gasteiger partial charge in [-0.2, -0.15) is 4.98 Å². The van der Waals surface area contributed by atoms with Crippen LogP contribution in [-0.2, 0) is 6.54 Å². The molecule has 1 aromatic rings. The number of nitrogens with two attached hydrogens (primary N) is 1. The van der Waals surface area contributed by atoms with Crippen LogP contribution in [0.25, 0.3) is 0 Å². The second-order valence-electron chi connectivity index (χ2n) is 5.59. The van der Waals surface area contributed by atoms with Gasteiger partial charge in [0.25, 0.3) is 0 Å². The minimum atomic E-state index is 0.192. The second kappa shape index (κ2) is 5.80. The lowest BCUT2D eigenvalue weighted by Crippen LogP contribution is -2.48. The van der Waals surface area contributed by atoms with Gasteiger partial charge < -0.3 is 10.3 Å². The molecule has 1 aliphatic heterocycles. The molecule has 0 amide bonds. The van der Waals surface area contributed by atoms with Crippen molar-refractivity contribution in [1.82, 2.24) is 15.0 Å². The summed E-state index contributed by atoms with van der Waals surface area (Å²) >= 11 is 0. The molecule has 2 unspecified atom stereocenters. The van der Waals surface area contributed by atoms with Crippen LogP contribution in [0.2, 0.25) is 0 Å². The fraction of sp³-hybridized carbons (Fsp3) is 0.846. The molecule has 0 aliphatic carbocycles. The normalized spacial score (nSPS) is 23.5. The Bertz CT molecular complexity index is 375. The van der Waals surface area contributed by atoms with Gasteiger partial charge in [0.05, 0.1) is 6.54 Å². The van der Waals surface area contributed by atoms with E-state index >= 15 is 0 Å². The SMILES string of the molecule is CC(C)c1noc(CN2CCCCC2C(C)N)n1. The zero-order valence-electron chi connectivity index (χ0n) is 11.6. The Balaban J connectivity index is 2.01. The van der Waals surface area contributed by atoms with E-state index in [0.717, 1.165) is 18.9 Å². The fourth-order valence-corrected chi connectivity index (χ4v) is 2.55. The standard InChI is InChI=1S/C13H24N4O/c1-9(2)13-15-12(18-16-13)8-17-7-5-4-6-11(17)10(3)14/h9-11H,4-8,14H2,1-3H3. The summed E-state index contributed by atoms with van der Waals surface area (Å²) in [7, 11) is 0. The van der Waals surface area contributed by atoms with Gasteiger partial charge in [-0.1, -0.05) is 25.4 Å². The summed E-state index contributed by atoms with van der Waals surface area (Å²) in [6, 6.07) is 0.631. The summed E-state index contributed by atoms with van der Waals surface area (Å²) in [5.74, 6) is 1.82. The van der Waals surface area contributed by atoms with E-state index in [2.05, 4.69) is 35.8 Å². The van der Waals surface area contributed by atoms with Crippen molar-refractivity contribution in [3.63, 3.8) is 0 Å². The molecule has 2 N–H and O–H groups in total. The van der Waals surface area contributed by atoms with Crippen LogP contribution in [0.5, 0.6) is 0 Å². The maximum Gasteiger partial charge on any atom is 0.240 e. The Labute approximate surface area is 109 Å². The van der Waals surface area contributed by atoms with E-state index in [1.165, 1.54) is 19.3 Å². The molecule has 1 saturated heterocycles. The van der Waals surface area contributed by atoms with Gasteiger partial charge in [0.1, 0.15) is 0 Å². The highest BCUT2D eigenvalue weighted by atomic mass is 16.5. The number of rotatable bonds is 4. The molecule has 0 spiro atoms. The van der Waals surface area contributed by atoms with E-state index in [4.69, 9.17) is 10.3 Å². The Kier molecular flexibility index (Phi) is 4.35. The molecule has 1 aromatic heterocycles. The summed E-state index contributed by atoms with van der Waals surface area (Å²) < 4.78 is 5.31. The summed E-state index contributed by atoms with van der Waals surface area (Å²) in [5.41, 5.74) is 6.06. The summed E-state index contributed by atoms with van der Waals surface area (Å²) in [6.45, 7) is 8.02. The van der Waals surface area contributed by atoms with Crippen molar-refractivity contribution in [2.75, 3.05) is 6.54 Å². The summed E-state index contributed by atoms with van der Waals surface area (Å²) in [4.78, 5) is 6.82. The van der Waals surface area contributed by atoms with Gasteiger partial charge >= 0.3 is 0 Å². The van der Waals surface area contributed by atoms with Crippen molar-refractivity contribution in [3.05, 3.63) is 11.7 Å². The minimum Gasteiger partial charge on any atom is -0.338 e. The monoisotopic (exact) mass is 252 g/mol. The number of hydrogen-bond donors (Lipinski definition) is 1. The summed E-state index contributed by atoms with van der Waals surface area (Å²) in [5, 5.41) is 4.01. The molecule has 0 aromatic carbocycles. The molecule has 102 valence electrons. The molecule has 1 fully saturated rings. The second-order valence-corrected chi connectivity index (χ2v) is 5.59. The van der Waals surface area contributed by atoms with E-state index in [1.54, 1.807) is 0 Å². The van der Waals surface area contributed by atoms with Crippen molar-refractivity contribution >= 4 is 0 Å². The fourth-order valence-electron chi connectivity index (χ4n) is 2.55. The van der Waals surface area contributed by atoms with Crippen LogP contribution >= 0.6 is 0 Å². The van der Waals surface area contributed by atoms with Gasteiger partial charge in [-0.15, -0.1) is 0 Å². The molecule has 18 heavy (non-hydrogen) atoms. The number of piperidine rings is 1. The number of hydrogen-bond acceptors (Lipinski definition) is 5. The van der Waals surface area contributed by atoms with Crippen LogP contribution in [0.4, 0.5) is 0 Å². The molecule has 2 atom stereocenters. The molecular weight excluding hydrogens is 228 g/mol. The largest absolute Gasteiger partial charge is 0.338 e. The van der Waals surface area contributed by atoms with Gasteiger partial charge in [-0.05, 0) is 26.3 Å². The first-order valence-corrected chi connectivity index (χ1v) is 6.90. The van der Waals surface area contributed by atoms with Crippen molar-refractivity contribution in [1.29, 1.82) is 0 Å². The molecule has 5 heteroatoms. The first kappa shape index (κ1) is 13.5. The van der Waals surface area contributed by atoms with Crippen molar-refractivity contribution in [2.24, 2.45) is 5.73 Å². The van der Waals surface area contributed by atoms with Gasteiger partial charge in [0.2, 0.25) is 5.89 Å². The van der Waals surface area contributed by atoms with E-state index < -0.39 is 0 Å². The molecule has 2 rings (SSSR count). The number of likely N-dealkylation sites (tertiary alicyclic amines) is 1. The number of nitrogens with zero attached hydrogens (tertiary/aromatic N) is 3. The molecule has 2 heterocycles. The molecule has 0 saturated carbocycles. The van der Waals surface area contributed by atoms with Gasteiger partial charge in [-0.25, -0.2) is 0 Å². The van der Waals surface area contributed by atoms with Crippen LogP contribution in [0.1, 0.15) is 57.7 Å². The quantitative estimate of drug-likeness (QED) is 0.886. The third-order valence-electron chi connectivity index (χ3n) is 3.61. The molecule has 0 bridgehead atoms. The molecule has 0 radical (unpaired) electrons. The van der Waals surface area contributed by atoms with E-state index in [9.17, 15) is 0 Å².